The van der Waals surface area contributed by atoms with Gasteiger partial charge >= 0.3 is 13.2 Å². The molecule has 7 nitrogen and oxygen atoms in total. The van der Waals surface area contributed by atoms with Gasteiger partial charge in [-0.2, -0.15) is 0 Å². The van der Waals surface area contributed by atoms with Crippen molar-refractivity contribution in [2.24, 2.45) is 0 Å². The number of carbonyl (C=O) groups excluding carboxylic acids is 2. The molecule has 1 aromatic carbocycles. The third-order valence-corrected chi connectivity index (χ3v) is 5.87. The maximum atomic E-state index is 13.3. The minimum atomic E-state index is -0.623. The van der Waals surface area contributed by atoms with E-state index in [1.165, 1.54) is 4.90 Å². The molecule has 0 aromatic heterocycles. The van der Waals surface area contributed by atoms with Crippen molar-refractivity contribution in [2.45, 2.75) is 71.3 Å². The Morgan fingerprint density at radius 2 is 1.80 bits per heavy atom. The first-order chi connectivity index (χ1) is 13.8. The normalized spacial score (nSPS) is 23.4. The summed E-state index contributed by atoms with van der Waals surface area (Å²) in [4.78, 5) is 27.5. The second kappa shape index (κ2) is 7.98. The van der Waals surface area contributed by atoms with Gasteiger partial charge in [0.25, 0.3) is 0 Å². The van der Waals surface area contributed by atoms with Crippen LogP contribution in [0.4, 0.5) is 4.79 Å². The highest BCUT2D eigenvalue weighted by molar-refractivity contribution is 6.62. The molecule has 0 radical (unpaired) electrons. The van der Waals surface area contributed by atoms with Crippen LogP contribution in [0.25, 0.3) is 0 Å². The van der Waals surface area contributed by atoms with Crippen LogP contribution < -0.4 is 10.8 Å². The van der Waals surface area contributed by atoms with E-state index in [2.05, 4.69) is 5.32 Å². The molecular formula is C22H33BN2O5. The fourth-order valence-corrected chi connectivity index (χ4v) is 3.49. The minimum absolute atomic E-state index is 0.133. The van der Waals surface area contributed by atoms with Crippen LogP contribution in [0.3, 0.4) is 0 Å². The van der Waals surface area contributed by atoms with Crippen molar-refractivity contribution in [3.05, 3.63) is 29.8 Å². The van der Waals surface area contributed by atoms with Crippen LogP contribution in [0.15, 0.2) is 24.3 Å². The molecule has 0 bridgehead atoms. The van der Waals surface area contributed by atoms with Crippen LogP contribution in [-0.2, 0) is 14.0 Å². The van der Waals surface area contributed by atoms with Crippen LogP contribution in [0.5, 0.6) is 0 Å². The van der Waals surface area contributed by atoms with E-state index >= 15 is 0 Å². The first-order valence-electron chi connectivity index (χ1n) is 10.5. The van der Waals surface area contributed by atoms with Gasteiger partial charge in [-0.15, -0.1) is 0 Å². The highest BCUT2D eigenvalue weighted by Crippen LogP contribution is 2.36. The fraction of sp³-hybridized carbons (Fsp3) is 0.636. The number of carbonyl (C=O) groups is 2. The highest BCUT2D eigenvalue weighted by atomic mass is 16.7. The molecule has 3 rings (SSSR count). The van der Waals surface area contributed by atoms with Crippen molar-refractivity contribution in [3.63, 3.8) is 0 Å². The number of hydrogen-bond acceptors (Lipinski definition) is 6. The van der Waals surface area contributed by atoms with Gasteiger partial charge in [0.15, 0.2) is 5.78 Å². The van der Waals surface area contributed by atoms with Gasteiger partial charge < -0.3 is 19.4 Å². The average molecular weight is 416 g/mol. The molecule has 0 spiro atoms. The number of amides is 1. The average Bonchev–Trinajstić information content (AvgIpc) is 2.87. The Balaban J connectivity index is 1.81. The van der Waals surface area contributed by atoms with E-state index in [0.29, 0.717) is 25.2 Å². The Labute approximate surface area is 179 Å². The van der Waals surface area contributed by atoms with E-state index in [9.17, 15) is 9.59 Å². The summed E-state index contributed by atoms with van der Waals surface area (Å²) in [5.41, 5.74) is -0.236. The molecule has 1 unspecified atom stereocenters. The van der Waals surface area contributed by atoms with E-state index in [0.717, 1.165) is 5.46 Å². The summed E-state index contributed by atoms with van der Waals surface area (Å²) in [7, 11) is -0.547. The molecule has 0 aliphatic carbocycles. The Morgan fingerprint density at radius 3 is 2.40 bits per heavy atom. The second-order valence-corrected chi connectivity index (χ2v) is 9.97. The van der Waals surface area contributed by atoms with Crippen molar-refractivity contribution in [1.29, 1.82) is 0 Å². The van der Waals surface area contributed by atoms with E-state index in [1.807, 2.05) is 60.6 Å². The van der Waals surface area contributed by atoms with E-state index in [1.54, 1.807) is 12.1 Å². The zero-order valence-electron chi connectivity index (χ0n) is 19.1. The number of benzene rings is 1. The molecule has 1 atom stereocenters. The van der Waals surface area contributed by atoms with E-state index in [4.69, 9.17) is 14.0 Å². The molecule has 1 N–H and O–H groups in total. The van der Waals surface area contributed by atoms with Crippen LogP contribution in [0.1, 0.15) is 58.8 Å². The van der Waals surface area contributed by atoms with Crippen molar-refractivity contribution in [2.75, 3.05) is 19.6 Å². The third-order valence-electron chi connectivity index (χ3n) is 5.87. The number of ketones is 1. The van der Waals surface area contributed by atoms with E-state index < -0.39 is 36.1 Å². The van der Waals surface area contributed by atoms with Gasteiger partial charge in [0.05, 0.1) is 11.2 Å². The second-order valence-electron chi connectivity index (χ2n) is 9.97. The van der Waals surface area contributed by atoms with Gasteiger partial charge in [0.2, 0.25) is 0 Å². The molecule has 1 amide bonds. The van der Waals surface area contributed by atoms with E-state index in [-0.39, 0.29) is 5.78 Å². The predicted molar refractivity (Wildman–Crippen MR) is 116 cm³/mol. The Bertz CT molecular complexity index is 802. The zero-order valence-corrected chi connectivity index (χ0v) is 19.1. The summed E-state index contributed by atoms with van der Waals surface area (Å²) in [6.07, 6.45) is -0.468. The molecule has 2 fully saturated rings. The number of nitrogens with one attached hydrogen (secondary N) is 1. The number of piperazine rings is 1. The lowest BCUT2D eigenvalue weighted by atomic mass is 9.78. The molecule has 164 valence electrons. The summed E-state index contributed by atoms with van der Waals surface area (Å²) >= 11 is 0. The molecule has 2 aliphatic heterocycles. The Hall–Kier alpha value is -1.90. The fourth-order valence-electron chi connectivity index (χ4n) is 3.49. The van der Waals surface area contributed by atoms with Gasteiger partial charge in [-0.25, -0.2) is 4.79 Å². The smallest absolute Gasteiger partial charge is 0.444 e. The van der Waals surface area contributed by atoms with Gasteiger partial charge in [-0.1, -0.05) is 24.3 Å². The molecular weight excluding hydrogens is 383 g/mol. The predicted octanol–water partition coefficient (Wildman–Crippen LogP) is 2.38. The summed E-state index contributed by atoms with van der Waals surface area (Å²) < 4.78 is 17.7. The van der Waals surface area contributed by atoms with Crippen molar-refractivity contribution >= 4 is 24.5 Å². The van der Waals surface area contributed by atoms with Crippen molar-refractivity contribution < 1.29 is 23.6 Å². The maximum absolute atomic E-state index is 13.3. The molecule has 30 heavy (non-hydrogen) atoms. The third kappa shape index (κ3) is 4.71. The topological polar surface area (TPSA) is 77.1 Å². The Kier molecular flexibility index (Phi) is 6.06. The molecule has 0 saturated carbocycles. The van der Waals surface area contributed by atoms with Crippen molar-refractivity contribution in [3.8, 4) is 0 Å². The monoisotopic (exact) mass is 416 g/mol. The number of Topliss-reactive ketones (excluding diaryl/α,β-unsaturated/α-hetero) is 1. The molecule has 1 aromatic rings. The van der Waals surface area contributed by atoms with Crippen LogP contribution >= 0.6 is 0 Å². The summed E-state index contributed by atoms with van der Waals surface area (Å²) in [5, 5.41) is 3.20. The molecule has 8 heteroatoms. The zero-order chi connectivity index (χ0) is 22.3. The van der Waals surface area contributed by atoms with Gasteiger partial charge in [0.1, 0.15) is 11.6 Å². The minimum Gasteiger partial charge on any atom is -0.444 e. The van der Waals surface area contributed by atoms with Crippen LogP contribution in [-0.4, -0.2) is 66.4 Å². The lowest BCUT2D eigenvalue weighted by Gasteiger charge is -2.36. The molecule has 2 aliphatic rings. The molecule has 2 saturated heterocycles. The lowest BCUT2D eigenvalue weighted by Crippen LogP contribution is -2.57. The summed E-state index contributed by atoms with van der Waals surface area (Å²) in [6, 6.07) is 6.65. The van der Waals surface area contributed by atoms with Gasteiger partial charge in [-0.05, 0) is 53.9 Å². The quantitative estimate of drug-likeness (QED) is 0.602. The maximum Gasteiger partial charge on any atom is 0.494 e. The van der Waals surface area contributed by atoms with Crippen LogP contribution in [0.2, 0.25) is 0 Å². The summed E-state index contributed by atoms with van der Waals surface area (Å²) in [5.74, 6) is -0.133. The largest absolute Gasteiger partial charge is 0.494 e. The number of hydrogen-bond donors (Lipinski definition) is 1. The SMILES string of the molecule is CC(C)(C)OC(=O)N1CCNCC1C(=O)c1cccc(B2OC(C)(C)C(C)(C)O2)c1. The number of nitrogens with zero attached hydrogens (tertiary/aromatic N) is 1. The van der Waals surface area contributed by atoms with Crippen molar-refractivity contribution in [1.82, 2.24) is 10.2 Å². The van der Waals surface area contributed by atoms with Gasteiger partial charge in [0, 0.05) is 25.2 Å². The first-order valence-corrected chi connectivity index (χ1v) is 10.5. The summed E-state index contributed by atoms with van der Waals surface area (Å²) in [6.45, 7) is 14.9. The molecule has 2 heterocycles. The number of rotatable bonds is 3. The first kappa shape index (κ1) is 22.8. The Morgan fingerprint density at radius 1 is 1.17 bits per heavy atom. The van der Waals surface area contributed by atoms with Crippen LogP contribution in [0, 0.1) is 0 Å². The highest BCUT2D eigenvalue weighted by Gasteiger charge is 2.51. The number of ether oxygens (including phenoxy) is 1. The lowest BCUT2D eigenvalue weighted by molar-refractivity contribution is 0.00578. The standard InChI is InChI=1S/C22H33BN2O5/c1-20(2,3)28-19(27)25-12-11-24-14-17(25)18(26)15-9-8-10-16(13-15)23-29-21(4,5)22(6,7)30-23/h8-10,13,17,24H,11-12,14H2,1-7H3. The van der Waals surface area contributed by atoms with Gasteiger partial charge in [-0.3, -0.25) is 9.69 Å².